The Bertz CT molecular complexity index is 563. The highest BCUT2D eigenvalue weighted by molar-refractivity contribution is 5.79. The van der Waals surface area contributed by atoms with Crippen molar-refractivity contribution < 1.29 is 19.8 Å². The maximum atomic E-state index is 12.3. The van der Waals surface area contributed by atoms with Crippen LogP contribution in [0.1, 0.15) is 31.7 Å². The second-order valence-corrected chi connectivity index (χ2v) is 6.40. The van der Waals surface area contributed by atoms with Crippen molar-refractivity contribution in [3.05, 3.63) is 35.9 Å². The van der Waals surface area contributed by atoms with E-state index in [0.29, 0.717) is 32.4 Å². The van der Waals surface area contributed by atoms with E-state index >= 15 is 0 Å². The Labute approximate surface area is 142 Å². The van der Waals surface area contributed by atoms with Crippen LogP contribution in [0.3, 0.4) is 0 Å². The normalized spacial score (nSPS) is 23.8. The lowest BCUT2D eigenvalue weighted by molar-refractivity contribution is -0.162. The number of carboxylic acids is 1. The highest BCUT2D eigenvalue weighted by Gasteiger charge is 2.49. The van der Waals surface area contributed by atoms with Crippen molar-refractivity contribution in [1.29, 1.82) is 0 Å². The first-order valence-electron chi connectivity index (χ1n) is 8.48. The number of likely N-dealkylation sites (tertiary alicyclic amines) is 1. The molecule has 6 heteroatoms. The number of carboxylic acid groups (broad SMARTS) is 1. The van der Waals surface area contributed by atoms with Crippen LogP contribution in [-0.2, 0) is 11.2 Å². The van der Waals surface area contributed by atoms with Crippen LogP contribution in [0.5, 0.6) is 0 Å². The van der Waals surface area contributed by atoms with Crippen LogP contribution in [0, 0.1) is 5.41 Å². The number of carbonyl (C=O) groups is 2. The Morgan fingerprint density at radius 2 is 2.04 bits per heavy atom. The molecule has 132 valence electrons. The van der Waals surface area contributed by atoms with E-state index in [1.54, 1.807) is 0 Å². The Morgan fingerprint density at radius 3 is 2.67 bits per heavy atom. The molecule has 0 spiro atoms. The highest BCUT2D eigenvalue weighted by Crippen LogP contribution is 2.35. The molecule has 0 bridgehead atoms. The summed E-state index contributed by atoms with van der Waals surface area (Å²) in [4.78, 5) is 25.6. The molecule has 24 heavy (non-hydrogen) atoms. The SMILES string of the molecule is CCC[C@@]1(C(=O)O)CN(C(=O)NCCc2ccccc2)CC[C@@H]1O. The van der Waals surface area contributed by atoms with Crippen molar-refractivity contribution in [1.82, 2.24) is 10.2 Å². The summed E-state index contributed by atoms with van der Waals surface area (Å²) in [7, 11) is 0. The molecule has 2 rings (SSSR count). The molecular formula is C18H26N2O4. The van der Waals surface area contributed by atoms with Crippen LogP contribution in [0.15, 0.2) is 30.3 Å². The average molecular weight is 334 g/mol. The summed E-state index contributed by atoms with van der Waals surface area (Å²) in [6, 6.07) is 9.59. The predicted molar refractivity (Wildman–Crippen MR) is 90.7 cm³/mol. The lowest BCUT2D eigenvalue weighted by Crippen LogP contribution is -2.58. The smallest absolute Gasteiger partial charge is 0.317 e. The molecule has 0 saturated carbocycles. The number of amides is 2. The van der Waals surface area contributed by atoms with E-state index in [9.17, 15) is 19.8 Å². The number of aliphatic carboxylic acids is 1. The van der Waals surface area contributed by atoms with Gasteiger partial charge >= 0.3 is 12.0 Å². The third kappa shape index (κ3) is 4.06. The highest BCUT2D eigenvalue weighted by atomic mass is 16.4. The van der Waals surface area contributed by atoms with Gasteiger partial charge in [0.05, 0.1) is 6.10 Å². The number of aliphatic hydroxyl groups excluding tert-OH is 1. The second kappa shape index (κ2) is 8.15. The summed E-state index contributed by atoms with van der Waals surface area (Å²) in [5, 5.41) is 22.6. The molecule has 3 N–H and O–H groups in total. The first kappa shape index (κ1) is 18.3. The average Bonchev–Trinajstić information content (AvgIpc) is 2.57. The van der Waals surface area contributed by atoms with Crippen molar-refractivity contribution in [2.24, 2.45) is 5.41 Å². The molecule has 1 aliphatic rings. The van der Waals surface area contributed by atoms with Crippen molar-refractivity contribution in [2.75, 3.05) is 19.6 Å². The molecule has 1 saturated heterocycles. The molecule has 1 fully saturated rings. The van der Waals surface area contributed by atoms with Crippen molar-refractivity contribution in [3.63, 3.8) is 0 Å². The minimum atomic E-state index is -1.26. The van der Waals surface area contributed by atoms with Crippen LogP contribution in [0.2, 0.25) is 0 Å². The summed E-state index contributed by atoms with van der Waals surface area (Å²) in [6.45, 7) is 2.80. The molecule has 2 amide bonds. The predicted octanol–water partition coefficient (Wildman–Crippen LogP) is 1.88. The Balaban J connectivity index is 1.93. The molecule has 0 aromatic heterocycles. The van der Waals surface area contributed by atoms with Gasteiger partial charge in [0.1, 0.15) is 5.41 Å². The molecule has 1 aliphatic heterocycles. The third-order valence-corrected chi connectivity index (χ3v) is 4.73. The molecule has 1 aromatic rings. The zero-order valence-corrected chi connectivity index (χ0v) is 14.1. The molecular weight excluding hydrogens is 308 g/mol. The van der Waals surface area contributed by atoms with Gasteiger partial charge in [0, 0.05) is 19.6 Å². The lowest BCUT2D eigenvalue weighted by Gasteiger charge is -2.43. The number of piperidine rings is 1. The number of nitrogens with zero attached hydrogens (tertiary/aromatic N) is 1. The van der Waals surface area contributed by atoms with Gasteiger partial charge < -0.3 is 20.4 Å². The van der Waals surface area contributed by atoms with Crippen molar-refractivity contribution in [3.8, 4) is 0 Å². The Hall–Kier alpha value is -2.08. The van der Waals surface area contributed by atoms with Gasteiger partial charge in [0.25, 0.3) is 0 Å². The molecule has 1 aromatic carbocycles. The van der Waals surface area contributed by atoms with Crippen LogP contribution < -0.4 is 5.32 Å². The van der Waals surface area contributed by atoms with Crippen LogP contribution in [0.25, 0.3) is 0 Å². The van der Waals surface area contributed by atoms with E-state index < -0.39 is 17.5 Å². The number of benzene rings is 1. The summed E-state index contributed by atoms with van der Waals surface area (Å²) in [6.07, 6.45) is 1.10. The third-order valence-electron chi connectivity index (χ3n) is 4.73. The number of aliphatic hydroxyl groups is 1. The van der Waals surface area contributed by atoms with Gasteiger partial charge in [-0.05, 0) is 24.8 Å². The number of carbonyl (C=O) groups excluding carboxylic acids is 1. The number of nitrogens with one attached hydrogen (secondary N) is 1. The van der Waals surface area contributed by atoms with E-state index in [4.69, 9.17) is 0 Å². The lowest BCUT2D eigenvalue weighted by atomic mass is 9.74. The largest absolute Gasteiger partial charge is 0.481 e. The standard InChI is InChI=1S/C18H26N2O4/c1-2-10-18(16(22)23)13-20(12-9-15(18)21)17(24)19-11-8-14-6-4-3-5-7-14/h3-7,15,21H,2,8-13H2,1H3,(H,19,24)(H,22,23)/t15-,18+/m0/s1. The fraction of sp³-hybridized carbons (Fsp3) is 0.556. The number of hydrogen-bond donors (Lipinski definition) is 3. The Kier molecular flexibility index (Phi) is 6.20. The van der Waals surface area contributed by atoms with Gasteiger partial charge in [0.2, 0.25) is 0 Å². The van der Waals surface area contributed by atoms with Gasteiger partial charge in [-0.15, -0.1) is 0 Å². The summed E-state index contributed by atoms with van der Waals surface area (Å²) in [5.74, 6) is -1.03. The summed E-state index contributed by atoms with van der Waals surface area (Å²) < 4.78 is 0. The van der Waals surface area contributed by atoms with E-state index in [1.165, 1.54) is 4.90 Å². The van der Waals surface area contributed by atoms with Crippen molar-refractivity contribution in [2.45, 2.75) is 38.7 Å². The van der Waals surface area contributed by atoms with Gasteiger partial charge in [0.15, 0.2) is 0 Å². The maximum Gasteiger partial charge on any atom is 0.317 e. The topological polar surface area (TPSA) is 89.9 Å². The monoisotopic (exact) mass is 334 g/mol. The molecule has 0 radical (unpaired) electrons. The van der Waals surface area contributed by atoms with Gasteiger partial charge in [-0.2, -0.15) is 0 Å². The zero-order chi connectivity index (χ0) is 17.6. The molecule has 2 atom stereocenters. The summed E-state index contributed by atoms with van der Waals surface area (Å²) >= 11 is 0. The fourth-order valence-electron chi connectivity index (χ4n) is 3.33. The van der Waals surface area contributed by atoms with Gasteiger partial charge in [-0.25, -0.2) is 4.79 Å². The van der Waals surface area contributed by atoms with E-state index in [-0.39, 0.29) is 12.6 Å². The molecule has 6 nitrogen and oxygen atoms in total. The molecule has 0 aliphatic carbocycles. The minimum absolute atomic E-state index is 0.0501. The van der Waals surface area contributed by atoms with E-state index in [1.807, 2.05) is 37.3 Å². The zero-order valence-electron chi connectivity index (χ0n) is 14.1. The van der Waals surface area contributed by atoms with Gasteiger partial charge in [-0.3, -0.25) is 4.79 Å². The fourth-order valence-corrected chi connectivity index (χ4v) is 3.33. The number of urea groups is 1. The van der Waals surface area contributed by atoms with Gasteiger partial charge in [-0.1, -0.05) is 43.7 Å². The second-order valence-electron chi connectivity index (χ2n) is 6.40. The molecule has 0 unspecified atom stereocenters. The van der Waals surface area contributed by atoms with Crippen molar-refractivity contribution >= 4 is 12.0 Å². The van der Waals surface area contributed by atoms with Crippen LogP contribution >= 0.6 is 0 Å². The van der Waals surface area contributed by atoms with Crippen LogP contribution in [-0.4, -0.2) is 52.9 Å². The first-order valence-corrected chi connectivity index (χ1v) is 8.48. The van der Waals surface area contributed by atoms with E-state index in [0.717, 1.165) is 12.0 Å². The quantitative estimate of drug-likeness (QED) is 0.741. The molecule has 1 heterocycles. The number of hydrogen-bond acceptors (Lipinski definition) is 3. The van der Waals surface area contributed by atoms with Crippen LogP contribution in [0.4, 0.5) is 4.79 Å². The maximum absolute atomic E-state index is 12.3. The first-order chi connectivity index (χ1) is 11.5. The van der Waals surface area contributed by atoms with E-state index in [2.05, 4.69) is 5.32 Å². The summed E-state index contributed by atoms with van der Waals surface area (Å²) in [5.41, 5.74) is -0.123. The number of rotatable bonds is 6. The minimum Gasteiger partial charge on any atom is -0.481 e. The Morgan fingerprint density at radius 1 is 1.33 bits per heavy atom.